The zero-order chi connectivity index (χ0) is 17.7. The first kappa shape index (κ1) is 15.7. The summed E-state index contributed by atoms with van der Waals surface area (Å²) in [6, 6.07) is 9.89. The number of ether oxygens (including phenoxy) is 1. The largest absolute Gasteiger partial charge is 0.483 e. The average Bonchev–Trinajstić information content (AvgIpc) is 2.89. The van der Waals surface area contributed by atoms with E-state index in [0.29, 0.717) is 17.7 Å². The quantitative estimate of drug-likeness (QED) is 0.769. The van der Waals surface area contributed by atoms with Crippen LogP contribution in [0.4, 0.5) is 0 Å². The molecule has 3 aromatic rings. The number of aryl methyl sites for hydroxylation is 3. The van der Waals surface area contributed by atoms with Gasteiger partial charge < -0.3 is 14.4 Å². The third-order valence-electron chi connectivity index (χ3n) is 5.14. The van der Waals surface area contributed by atoms with Crippen molar-refractivity contribution < 1.29 is 14.6 Å². The van der Waals surface area contributed by atoms with Gasteiger partial charge in [-0.3, -0.25) is 0 Å². The summed E-state index contributed by atoms with van der Waals surface area (Å²) in [5.41, 5.74) is 4.93. The van der Waals surface area contributed by atoms with Gasteiger partial charge >= 0.3 is 5.97 Å². The van der Waals surface area contributed by atoms with Crippen molar-refractivity contribution in [3.63, 3.8) is 0 Å². The second-order valence-electron chi connectivity index (χ2n) is 6.62. The second-order valence-corrected chi connectivity index (χ2v) is 6.62. The number of carboxylic acids is 1. The van der Waals surface area contributed by atoms with Gasteiger partial charge in [-0.05, 0) is 43.9 Å². The molecule has 5 heteroatoms. The number of aromatic nitrogens is 2. The first-order valence-electron chi connectivity index (χ1n) is 8.41. The molecule has 4 rings (SSSR count). The highest BCUT2D eigenvalue weighted by atomic mass is 16.5. The number of benzene rings is 2. The summed E-state index contributed by atoms with van der Waals surface area (Å²) in [4.78, 5) is 16.4. The summed E-state index contributed by atoms with van der Waals surface area (Å²) >= 11 is 0. The van der Waals surface area contributed by atoms with Crippen molar-refractivity contribution in [2.45, 2.75) is 32.8 Å². The van der Waals surface area contributed by atoms with Gasteiger partial charge in [-0.2, -0.15) is 0 Å². The number of hydrogen-bond acceptors (Lipinski definition) is 3. The molecule has 25 heavy (non-hydrogen) atoms. The number of carbonyl (C=O) groups is 1. The maximum atomic E-state index is 11.8. The highest BCUT2D eigenvalue weighted by Gasteiger charge is 2.30. The number of rotatable bonds is 2. The van der Waals surface area contributed by atoms with Gasteiger partial charge in [-0.15, -0.1) is 0 Å². The Morgan fingerprint density at radius 3 is 2.80 bits per heavy atom. The van der Waals surface area contributed by atoms with Crippen LogP contribution in [0, 0.1) is 13.8 Å². The number of aromatic carboxylic acids is 1. The van der Waals surface area contributed by atoms with E-state index in [4.69, 9.17) is 4.74 Å². The van der Waals surface area contributed by atoms with Crippen molar-refractivity contribution >= 4 is 17.0 Å². The van der Waals surface area contributed by atoms with Gasteiger partial charge in [0.15, 0.2) is 5.75 Å². The molecule has 0 amide bonds. The van der Waals surface area contributed by atoms with Gasteiger partial charge in [0.2, 0.25) is 0 Å². The first-order valence-corrected chi connectivity index (χ1v) is 8.41. The average molecular weight is 336 g/mol. The number of fused-ring (bicyclic) bond motifs is 3. The molecular formula is C20H20N2O3. The molecule has 0 radical (unpaired) electrons. The fraction of sp³-hybridized carbons (Fsp3) is 0.300. The summed E-state index contributed by atoms with van der Waals surface area (Å²) in [5.74, 6) is 0.536. The lowest BCUT2D eigenvalue weighted by Crippen LogP contribution is -2.19. The Hall–Kier alpha value is -2.82. The summed E-state index contributed by atoms with van der Waals surface area (Å²) in [6.07, 6.45) is 1.35. The number of imidazole rings is 1. The monoisotopic (exact) mass is 336 g/mol. The Balaban J connectivity index is 1.91. The third-order valence-corrected chi connectivity index (χ3v) is 5.14. The lowest BCUT2D eigenvalue weighted by Gasteiger charge is -2.28. The van der Waals surface area contributed by atoms with E-state index in [2.05, 4.69) is 24.0 Å². The van der Waals surface area contributed by atoms with Crippen molar-refractivity contribution in [1.29, 1.82) is 0 Å². The smallest absolute Gasteiger partial charge is 0.336 e. The molecule has 0 saturated carbocycles. The van der Waals surface area contributed by atoms with Gasteiger partial charge in [-0.25, -0.2) is 9.78 Å². The molecule has 1 aromatic heterocycles. The molecule has 0 spiro atoms. The van der Waals surface area contributed by atoms with Gasteiger partial charge in [0, 0.05) is 12.6 Å². The fourth-order valence-electron chi connectivity index (χ4n) is 3.66. The Morgan fingerprint density at radius 1 is 1.32 bits per heavy atom. The van der Waals surface area contributed by atoms with Gasteiger partial charge in [0.1, 0.15) is 17.4 Å². The molecule has 0 fully saturated rings. The molecule has 0 aliphatic carbocycles. The minimum Gasteiger partial charge on any atom is -0.483 e. The molecule has 0 saturated heterocycles. The van der Waals surface area contributed by atoms with Crippen molar-refractivity contribution in [2.24, 2.45) is 7.05 Å². The van der Waals surface area contributed by atoms with Crippen molar-refractivity contribution in [3.8, 4) is 5.75 Å². The van der Waals surface area contributed by atoms with E-state index < -0.39 is 5.97 Å². The normalized spacial score (nSPS) is 16.5. The molecular weight excluding hydrogens is 316 g/mol. The van der Waals surface area contributed by atoms with E-state index in [1.807, 2.05) is 30.7 Å². The molecule has 1 aliphatic heterocycles. The number of nitrogens with zero attached hydrogens (tertiary/aromatic N) is 2. The summed E-state index contributed by atoms with van der Waals surface area (Å²) in [5, 5.41) is 9.64. The van der Waals surface area contributed by atoms with Crippen LogP contribution in [0.3, 0.4) is 0 Å². The van der Waals surface area contributed by atoms with Crippen LogP contribution in [-0.4, -0.2) is 20.6 Å². The van der Waals surface area contributed by atoms with Crippen LogP contribution < -0.4 is 4.74 Å². The Labute approximate surface area is 145 Å². The Kier molecular flexibility index (Phi) is 3.53. The van der Waals surface area contributed by atoms with Crippen molar-refractivity contribution in [3.05, 3.63) is 58.4 Å². The third kappa shape index (κ3) is 2.38. The lowest BCUT2D eigenvalue weighted by atomic mass is 9.92. The molecule has 128 valence electrons. The van der Waals surface area contributed by atoms with Crippen LogP contribution in [0.2, 0.25) is 0 Å². The van der Waals surface area contributed by atoms with E-state index in [1.165, 1.54) is 5.56 Å². The summed E-state index contributed by atoms with van der Waals surface area (Å²) in [7, 11) is 1.89. The minimum atomic E-state index is -0.921. The molecule has 1 atom stereocenters. The molecule has 2 aromatic carbocycles. The highest BCUT2D eigenvalue weighted by Crippen LogP contribution is 2.42. The zero-order valence-electron chi connectivity index (χ0n) is 14.5. The maximum absolute atomic E-state index is 11.8. The number of hydrogen-bond donors (Lipinski definition) is 1. The van der Waals surface area contributed by atoms with Crippen LogP contribution in [0.25, 0.3) is 11.0 Å². The predicted octanol–water partition coefficient (Wildman–Crippen LogP) is 3.95. The molecule has 1 aliphatic rings. The molecule has 5 nitrogen and oxygen atoms in total. The topological polar surface area (TPSA) is 64.3 Å². The van der Waals surface area contributed by atoms with Gasteiger partial charge in [-0.1, -0.05) is 24.3 Å². The van der Waals surface area contributed by atoms with Crippen LogP contribution in [0.1, 0.15) is 45.4 Å². The van der Waals surface area contributed by atoms with E-state index in [1.54, 1.807) is 6.07 Å². The minimum absolute atomic E-state index is 0.0803. The maximum Gasteiger partial charge on any atom is 0.336 e. The predicted molar refractivity (Wildman–Crippen MR) is 95.3 cm³/mol. The fourth-order valence-corrected chi connectivity index (χ4v) is 3.66. The molecule has 0 bridgehead atoms. The molecule has 2 heterocycles. The SMILES string of the molecule is Cc1ccccc1[C@@H]1CCc2c(C(=O)O)cc3c(nc(C)n3C)c2O1. The molecule has 0 unspecified atom stereocenters. The van der Waals surface area contributed by atoms with Crippen LogP contribution in [-0.2, 0) is 13.5 Å². The summed E-state index contributed by atoms with van der Waals surface area (Å²) in [6.45, 7) is 3.98. The van der Waals surface area contributed by atoms with E-state index >= 15 is 0 Å². The van der Waals surface area contributed by atoms with Crippen LogP contribution >= 0.6 is 0 Å². The standard InChI is InChI=1S/C20H20N2O3/c1-11-6-4-5-7-13(11)17-9-8-14-15(20(23)24)10-16-18(19(14)25-17)21-12(2)22(16)3/h4-7,10,17H,8-9H2,1-3H3,(H,23,24)/t17-/m0/s1. The summed E-state index contributed by atoms with van der Waals surface area (Å²) < 4.78 is 8.24. The van der Waals surface area contributed by atoms with Crippen LogP contribution in [0.15, 0.2) is 30.3 Å². The van der Waals surface area contributed by atoms with E-state index in [0.717, 1.165) is 34.4 Å². The lowest BCUT2D eigenvalue weighted by molar-refractivity contribution is 0.0693. The van der Waals surface area contributed by atoms with E-state index in [-0.39, 0.29) is 6.10 Å². The zero-order valence-corrected chi connectivity index (χ0v) is 14.5. The number of carboxylic acid groups (broad SMARTS) is 1. The van der Waals surface area contributed by atoms with E-state index in [9.17, 15) is 9.90 Å². The Morgan fingerprint density at radius 2 is 2.08 bits per heavy atom. The van der Waals surface area contributed by atoms with Crippen LogP contribution in [0.5, 0.6) is 5.75 Å². The molecule has 1 N–H and O–H groups in total. The first-order chi connectivity index (χ1) is 12.0. The Bertz CT molecular complexity index is 1000. The van der Waals surface area contributed by atoms with Crippen molar-refractivity contribution in [1.82, 2.24) is 9.55 Å². The van der Waals surface area contributed by atoms with Gasteiger partial charge in [0.25, 0.3) is 0 Å². The van der Waals surface area contributed by atoms with Gasteiger partial charge in [0.05, 0.1) is 11.1 Å². The highest BCUT2D eigenvalue weighted by molar-refractivity contribution is 5.98. The second kappa shape index (κ2) is 5.62. The van der Waals surface area contributed by atoms with Crippen molar-refractivity contribution in [2.75, 3.05) is 0 Å².